The number of alkyl halides is 3. The van der Waals surface area contributed by atoms with Gasteiger partial charge in [0.25, 0.3) is 5.56 Å². The van der Waals surface area contributed by atoms with Crippen molar-refractivity contribution in [1.29, 1.82) is 0 Å². The van der Waals surface area contributed by atoms with E-state index in [9.17, 15) is 22.8 Å². The van der Waals surface area contributed by atoms with Gasteiger partial charge in [0.2, 0.25) is 5.91 Å². The molecule has 2 aromatic rings. The van der Waals surface area contributed by atoms with Crippen molar-refractivity contribution in [2.45, 2.75) is 43.8 Å². The second kappa shape index (κ2) is 8.90. The Kier molecular flexibility index (Phi) is 5.92. The van der Waals surface area contributed by atoms with E-state index in [4.69, 9.17) is 0 Å². The molecule has 1 amide bonds. The fraction of sp³-hybridized carbons (Fsp3) is 0.545. The van der Waals surface area contributed by atoms with Gasteiger partial charge in [-0.25, -0.2) is 9.67 Å². The standard InChI is InChI=1S/C22H24F3N7O2/c23-22(24,25)16-10-17(28-29-20(16)34)18-2-1-5-32(18)13-19(33)30-6-8-31(9-7-30)21-26-11-15(12-27-21)14-3-4-14/h8,10-12,14,18H,1-7,9,13H2/p+1. The molecule has 5 rings (SSSR count). The Morgan fingerprint density at radius 1 is 1.18 bits per heavy atom. The highest BCUT2D eigenvalue weighted by atomic mass is 19.4. The van der Waals surface area contributed by atoms with Crippen LogP contribution in [0.5, 0.6) is 0 Å². The summed E-state index contributed by atoms with van der Waals surface area (Å²) in [4.78, 5) is 36.9. The SMILES string of the molecule is O=C(CN1CCCC1c1cc(C(F)(F)F)c(=O)[nH]n1)N1CC=[N+](c2ncc(C3CC3)cn2)CC1. The van der Waals surface area contributed by atoms with Gasteiger partial charge in [-0.1, -0.05) is 9.97 Å². The number of aromatic amines is 1. The Morgan fingerprint density at radius 2 is 1.94 bits per heavy atom. The predicted molar refractivity (Wildman–Crippen MR) is 115 cm³/mol. The lowest BCUT2D eigenvalue weighted by atomic mass is 10.1. The number of hydrogen-bond donors (Lipinski definition) is 1. The van der Waals surface area contributed by atoms with Crippen molar-refractivity contribution in [1.82, 2.24) is 30.0 Å². The number of aromatic nitrogens is 4. The number of nitrogens with one attached hydrogen (secondary N) is 1. The molecule has 0 spiro atoms. The summed E-state index contributed by atoms with van der Waals surface area (Å²) in [7, 11) is 0. The van der Waals surface area contributed by atoms with Crippen LogP contribution in [0, 0.1) is 0 Å². The Hall–Kier alpha value is -3.15. The first-order chi connectivity index (χ1) is 16.3. The summed E-state index contributed by atoms with van der Waals surface area (Å²) < 4.78 is 41.4. The van der Waals surface area contributed by atoms with E-state index in [1.165, 1.54) is 12.8 Å². The molecule has 1 atom stereocenters. The number of hydrogen-bond acceptors (Lipinski definition) is 6. The Bertz CT molecular complexity index is 1160. The first kappa shape index (κ1) is 22.6. The van der Waals surface area contributed by atoms with Gasteiger partial charge in [-0.15, -0.1) is 0 Å². The van der Waals surface area contributed by atoms with Gasteiger partial charge in [-0.3, -0.25) is 14.5 Å². The summed E-state index contributed by atoms with van der Waals surface area (Å²) in [6.07, 6.45) is 4.54. The highest BCUT2D eigenvalue weighted by Gasteiger charge is 2.37. The van der Waals surface area contributed by atoms with Crippen LogP contribution in [0.2, 0.25) is 0 Å². The van der Waals surface area contributed by atoms with Crippen LogP contribution in [0.3, 0.4) is 0 Å². The van der Waals surface area contributed by atoms with E-state index in [0.717, 1.165) is 18.1 Å². The molecule has 1 saturated heterocycles. The molecule has 0 aromatic carbocycles. The van der Waals surface area contributed by atoms with E-state index < -0.39 is 23.3 Å². The number of rotatable bonds is 5. The van der Waals surface area contributed by atoms with Crippen molar-refractivity contribution < 1.29 is 22.5 Å². The highest BCUT2D eigenvalue weighted by Crippen LogP contribution is 2.39. The molecule has 1 N–H and O–H groups in total. The molecule has 4 heterocycles. The molecule has 0 radical (unpaired) electrons. The van der Waals surface area contributed by atoms with E-state index in [2.05, 4.69) is 15.1 Å². The fourth-order valence-corrected chi connectivity index (χ4v) is 4.55. The second-order valence-corrected chi connectivity index (χ2v) is 8.97. The normalized spacial score (nSPS) is 21.6. The van der Waals surface area contributed by atoms with Crippen molar-refractivity contribution in [2.24, 2.45) is 0 Å². The number of carbonyl (C=O) groups is 1. The lowest BCUT2D eigenvalue weighted by Gasteiger charge is -2.29. The van der Waals surface area contributed by atoms with Gasteiger partial charge < -0.3 is 4.90 Å². The molecular formula is C22H25F3N7O2+. The van der Waals surface area contributed by atoms with Gasteiger partial charge in [-0.05, 0) is 44.2 Å². The quantitative estimate of drug-likeness (QED) is 0.662. The molecule has 2 aliphatic heterocycles. The maximum atomic E-state index is 13.1. The van der Waals surface area contributed by atoms with Crippen LogP contribution in [0.25, 0.3) is 0 Å². The van der Waals surface area contributed by atoms with Crippen LogP contribution in [-0.2, 0) is 11.0 Å². The zero-order valence-corrected chi connectivity index (χ0v) is 18.5. The number of likely N-dealkylation sites (tertiary alicyclic amines) is 1. The predicted octanol–water partition coefficient (Wildman–Crippen LogP) is 1.85. The van der Waals surface area contributed by atoms with E-state index in [1.807, 2.05) is 33.2 Å². The third kappa shape index (κ3) is 4.72. The van der Waals surface area contributed by atoms with Crippen molar-refractivity contribution in [2.75, 3.05) is 32.7 Å². The lowest BCUT2D eigenvalue weighted by molar-refractivity contribution is -0.450. The zero-order chi connectivity index (χ0) is 23.9. The molecule has 9 nitrogen and oxygen atoms in total. The minimum atomic E-state index is -4.76. The average Bonchev–Trinajstić information content (AvgIpc) is 3.58. The molecule has 34 heavy (non-hydrogen) atoms. The summed E-state index contributed by atoms with van der Waals surface area (Å²) in [6, 6.07) is 0.346. The van der Waals surface area contributed by atoms with Gasteiger partial charge in [0.15, 0.2) is 0 Å². The third-order valence-electron chi connectivity index (χ3n) is 6.62. The van der Waals surface area contributed by atoms with Crippen LogP contribution in [0.1, 0.15) is 54.5 Å². The number of amides is 1. The van der Waals surface area contributed by atoms with Crippen LogP contribution in [0.4, 0.5) is 19.1 Å². The average molecular weight is 476 g/mol. The molecule has 1 unspecified atom stereocenters. The third-order valence-corrected chi connectivity index (χ3v) is 6.62. The van der Waals surface area contributed by atoms with Gasteiger partial charge in [-0.2, -0.15) is 18.3 Å². The Balaban J connectivity index is 1.22. The Labute approximate surface area is 193 Å². The first-order valence-electron chi connectivity index (χ1n) is 11.4. The number of H-pyrrole nitrogens is 1. The van der Waals surface area contributed by atoms with E-state index in [-0.39, 0.29) is 18.1 Å². The van der Waals surface area contributed by atoms with Gasteiger partial charge in [0.1, 0.15) is 18.0 Å². The topological polar surface area (TPSA) is 98.1 Å². The van der Waals surface area contributed by atoms with Gasteiger partial charge in [0, 0.05) is 5.56 Å². The van der Waals surface area contributed by atoms with Crippen molar-refractivity contribution >= 4 is 18.1 Å². The minimum Gasteiger partial charge on any atom is -0.332 e. The minimum absolute atomic E-state index is 0.0766. The van der Waals surface area contributed by atoms with Gasteiger partial charge in [0.05, 0.1) is 44.1 Å². The van der Waals surface area contributed by atoms with Crippen LogP contribution in [-0.4, -0.2) is 79.4 Å². The lowest BCUT2D eigenvalue weighted by Crippen LogP contribution is -2.46. The zero-order valence-electron chi connectivity index (χ0n) is 18.5. The molecular weight excluding hydrogens is 451 g/mol. The molecule has 0 bridgehead atoms. The van der Waals surface area contributed by atoms with Crippen molar-refractivity contribution in [3.8, 4) is 0 Å². The summed E-state index contributed by atoms with van der Waals surface area (Å²) in [5.41, 5.74) is -1.25. The maximum absolute atomic E-state index is 13.1. The fourth-order valence-electron chi connectivity index (χ4n) is 4.55. The van der Waals surface area contributed by atoms with Crippen LogP contribution >= 0.6 is 0 Å². The maximum Gasteiger partial charge on any atom is 0.432 e. The number of carbonyl (C=O) groups excluding carboxylic acids is 1. The van der Waals surface area contributed by atoms with Crippen LogP contribution < -0.4 is 5.56 Å². The molecule has 1 aliphatic carbocycles. The summed E-state index contributed by atoms with van der Waals surface area (Å²) in [5, 5.41) is 5.79. The molecule has 1 saturated carbocycles. The summed E-state index contributed by atoms with van der Waals surface area (Å²) in [6.45, 7) is 2.11. The molecule has 2 fully saturated rings. The largest absolute Gasteiger partial charge is 0.432 e. The van der Waals surface area contributed by atoms with Crippen molar-refractivity contribution in [3.63, 3.8) is 0 Å². The van der Waals surface area contributed by atoms with Crippen molar-refractivity contribution in [3.05, 3.63) is 45.6 Å². The number of nitrogens with zero attached hydrogens (tertiary/aromatic N) is 6. The smallest absolute Gasteiger partial charge is 0.332 e. The monoisotopic (exact) mass is 476 g/mol. The van der Waals surface area contributed by atoms with E-state index >= 15 is 0 Å². The van der Waals surface area contributed by atoms with Gasteiger partial charge >= 0.3 is 12.1 Å². The molecule has 3 aliphatic rings. The first-order valence-corrected chi connectivity index (χ1v) is 11.4. The Morgan fingerprint density at radius 3 is 2.59 bits per heavy atom. The van der Waals surface area contributed by atoms with Crippen LogP contribution in [0.15, 0.2) is 23.3 Å². The molecule has 180 valence electrons. The summed E-state index contributed by atoms with van der Waals surface area (Å²) >= 11 is 0. The van der Waals surface area contributed by atoms with E-state index in [1.54, 1.807) is 4.90 Å². The molecule has 12 heteroatoms. The second-order valence-electron chi connectivity index (χ2n) is 8.97. The summed E-state index contributed by atoms with van der Waals surface area (Å²) in [5.74, 6) is 1.10. The molecule has 2 aromatic heterocycles. The highest BCUT2D eigenvalue weighted by molar-refractivity contribution is 5.81. The van der Waals surface area contributed by atoms with E-state index in [0.29, 0.717) is 44.5 Å². The number of halogens is 3.